The molecule has 0 radical (unpaired) electrons. The Hall–Kier alpha value is -1.83. The van der Waals surface area contributed by atoms with Gasteiger partial charge in [-0.1, -0.05) is 13.0 Å². The van der Waals surface area contributed by atoms with Crippen molar-refractivity contribution in [3.05, 3.63) is 51.2 Å². The van der Waals surface area contributed by atoms with E-state index in [9.17, 15) is 19.5 Å². The predicted molar refractivity (Wildman–Crippen MR) is 75.6 cm³/mol. The normalized spacial score (nSPS) is 9.86. The summed E-state index contributed by atoms with van der Waals surface area (Å²) in [4.78, 5) is 36.3. The summed E-state index contributed by atoms with van der Waals surface area (Å²) in [6.45, 7) is 1.89. The van der Waals surface area contributed by atoms with Gasteiger partial charge in [0, 0.05) is 18.2 Å². The average molecular weight is 311 g/mol. The molecule has 0 aliphatic rings. The summed E-state index contributed by atoms with van der Waals surface area (Å²) in [5, 5.41) is 14.4. The van der Waals surface area contributed by atoms with Crippen molar-refractivity contribution in [1.29, 1.82) is 0 Å². The third-order valence-corrected chi connectivity index (χ3v) is 2.77. The summed E-state index contributed by atoms with van der Waals surface area (Å²) in [5.41, 5.74) is -0.808. The first-order chi connectivity index (χ1) is 10.0. The van der Waals surface area contributed by atoms with Crippen LogP contribution in [0.5, 0.6) is 5.88 Å². The van der Waals surface area contributed by atoms with Gasteiger partial charge in [-0.2, -0.15) is 0 Å². The Bertz CT molecular complexity index is 782. The molecule has 110 valence electrons. The number of hydrogen-bond acceptors (Lipinski definition) is 4. The fourth-order valence-electron chi connectivity index (χ4n) is 1.89. The summed E-state index contributed by atoms with van der Waals surface area (Å²) in [6.07, 6.45) is 1.10. The standard InChI is InChI=1S/C14H15N3O4.Na/c1-2-4-11(18)15-9-5-3-6-10(7-9)17-13(20)8-12(19)16-14(17)21;/h3,5-8,20H,2,4H2,1H3,(H,15,18)(H,16,19,21);/q;+1/p-1. The van der Waals surface area contributed by atoms with Crippen molar-refractivity contribution in [3.63, 3.8) is 0 Å². The van der Waals surface area contributed by atoms with Crippen molar-refractivity contribution >= 4 is 11.6 Å². The number of carbonyl (C=O) groups is 1. The number of hydrogen-bond donors (Lipinski definition) is 2. The molecule has 2 aromatic rings. The van der Waals surface area contributed by atoms with Crippen LogP contribution in [0.25, 0.3) is 5.69 Å². The largest absolute Gasteiger partial charge is 1.00 e. The van der Waals surface area contributed by atoms with Gasteiger partial charge < -0.3 is 10.4 Å². The van der Waals surface area contributed by atoms with Crippen molar-refractivity contribution in [2.75, 3.05) is 5.32 Å². The Morgan fingerprint density at radius 3 is 2.68 bits per heavy atom. The van der Waals surface area contributed by atoms with E-state index in [1.807, 2.05) is 11.9 Å². The molecule has 0 saturated carbocycles. The fourth-order valence-corrected chi connectivity index (χ4v) is 1.89. The van der Waals surface area contributed by atoms with Crippen LogP contribution in [-0.4, -0.2) is 15.5 Å². The molecule has 0 aliphatic carbocycles. The van der Waals surface area contributed by atoms with Crippen molar-refractivity contribution in [3.8, 4) is 11.6 Å². The number of nitrogens with zero attached hydrogens (tertiary/aromatic N) is 1. The Morgan fingerprint density at radius 2 is 2.05 bits per heavy atom. The number of aromatic nitrogens is 2. The van der Waals surface area contributed by atoms with Gasteiger partial charge in [0.1, 0.15) is 0 Å². The van der Waals surface area contributed by atoms with Gasteiger partial charge >= 0.3 is 35.2 Å². The van der Waals surface area contributed by atoms with E-state index < -0.39 is 17.1 Å². The molecule has 22 heavy (non-hydrogen) atoms. The Balaban J connectivity index is 0.00000242. The topological polar surface area (TPSA) is 107 Å². The first-order valence-electron chi connectivity index (χ1n) is 6.45. The summed E-state index contributed by atoms with van der Waals surface area (Å²) in [6, 6.07) is 7.08. The Kier molecular flexibility index (Phi) is 6.61. The SMILES string of the molecule is CCCC(=O)Nc1cccc(-n2c([O-])cc(=O)[nH]c2=O)c1.[Na+]. The van der Waals surface area contributed by atoms with Gasteiger partial charge in [-0.15, -0.1) is 0 Å². The van der Waals surface area contributed by atoms with Crippen LogP contribution in [0.15, 0.2) is 39.9 Å². The zero-order valence-corrected chi connectivity index (χ0v) is 14.4. The van der Waals surface area contributed by atoms with Gasteiger partial charge in [0.05, 0.1) is 5.69 Å². The van der Waals surface area contributed by atoms with Crippen LogP contribution < -0.4 is 51.2 Å². The molecule has 0 saturated heterocycles. The molecule has 1 aromatic heterocycles. The van der Waals surface area contributed by atoms with Crippen molar-refractivity contribution < 1.29 is 39.5 Å². The number of benzene rings is 1. The second kappa shape index (κ2) is 7.98. The van der Waals surface area contributed by atoms with Crippen LogP contribution in [0.3, 0.4) is 0 Å². The first kappa shape index (κ1) is 18.2. The summed E-state index contributed by atoms with van der Waals surface area (Å²) < 4.78 is 0.830. The quantitative estimate of drug-likeness (QED) is 0.601. The van der Waals surface area contributed by atoms with Crippen molar-refractivity contribution in [2.24, 2.45) is 0 Å². The van der Waals surface area contributed by atoms with Crippen LogP contribution >= 0.6 is 0 Å². The Labute approximate surface area is 148 Å². The van der Waals surface area contributed by atoms with E-state index in [0.717, 1.165) is 17.1 Å². The maximum absolute atomic E-state index is 11.8. The molecule has 0 spiro atoms. The summed E-state index contributed by atoms with van der Waals surface area (Å²) in [5.74, 6) is -0.869. The molecular formula is C14H14N3NaO4. The third kappa shape index (κ3) is 4.33. The van der Waals surface area contributed by atoms with E-state index in [1.54, 1.807) is 12.1 Å². The molecule has 2 rings (SSSR count). The third-order valence-electron chi connectivity index (χ3n) is 2.77. The van der Waals surface area contributed by atoms with Gasteiger partial charge in [-0.05, 0) is 30.5 Å². The molecule has 0 bridgehead atoms. The van der Waals surface area contributed by atoms with Gasteiger partial charge in [0.25, 0.3) is 5.56 Å². The van der Waals surface area contributed by atoms with Gasteiger partial charge in [0.15, 0.2) is 0 Å². The van der Waals surface area contributed by atoms with Crippen LogP contribution in [0, 0.1) is 0 Å². The summed E-state index contributed by atoms with van der Waals surface area (Å²) in [7, 11) is 0. The minimum Gasteiger partial charge on any atom is -0.859 e. The smallest absolute Gasteiger partial charge is 0.859 e. The van der Waals surface area contributed by atoms with Crippen LogP contribution in [0.1, 0.15) is 19.8 Å². The molecule has 0 fully saturated rings. The van der Waals surface area contributed by atoms with E-state index in [4.69, 9.17) is 0 Å². The van der Waals surface area contributed by atoms with Crippen molar-refractivity contribution in [1.82, 2.24) is 9.55 Å². The second-order valence-corrected chi connectivity index (χ2v) is 4.46. The number of anilines is 1. The maximum Gasteiger partial charge on any atom is 1.00 e. The molecule has 1 aromatic carbocycles. The molecule has 1 heterocycles. The van der Waals surface area contributed by atoms with Crippen LogP contribution in [0.4, 0.5) is 5.69 Å². The number of amides is 1. The van der Waals surface area contributed by atoms with Gasteiger partial charge in [-0.25, -0.2) is 4.79 Å². The fraction of sp³-hybridized carbons (Fsp3) is 0.214. The van der Waals surface area contributed by atoms with E-state index in [1.165, 1.54) is 12.1 Å². The van der Waals surface area contributed by atoms with E-state index >= 15 is 0 Å². The molecule has 1 amide bonds. The average Bonchev–Trinajstić information content (AvgIpc) is 2.38. The van der Waals surface area contributed by atoms with Crippen LogP contribution in [0.2, 0.25) is 0 Å². The number of rotatable bonds is 4. The number of aromatic amines is 1. The Morgan fingerprint density at radius 1 is 1.32 bits per heavy atom. The van der Waals surface area contributed by atoms with Crippen molar-refractivity contribution in [2.45, 2.75) is 19.8 Å². The molecule has 7 nitrogen and oxygen atoms in total. The second-order valence-electron chi connectivity index (χ2n) is 4.46. The number of carbonyl (C=O) groups excluding carboxylic acids is 1. The van der Waals surface area contributed by atoms with E-state index in [-0.39, 0.29) is 41.2 Å². The number of H-pyrrole nitrogens is 1. The molecule has 0 aliphatic heterocycles. The zero-order valence-electron chi connectivity index (χ0n) is 12.4. The zero-order chi connectivity index (χ0) is 15.4. The van der Waals surface area contributed by atoms with E-state index in [2.05, 4.69) is 5.32 Å². The molecule has 0 unspecified atom stereocenters. The number of nitrogens with one attached hydrogen (secondary N) is 2. The van der Waals surface area contributed by atoms with Crippen LogP contribution in [-0.2, 0) is 4.79 Å². The molecule has 8 heteroatoms. The van der Waals surface area contributed by atoms with Gasteiger partial charge in [0.2, 0.25) is 5.91 Å². The van der Waals surface area contributed by atoms with E-state index in [0.29, 0.717) is 12.1 Å². The molecule has 0 atom stereocenters. The minimum atomic E-state index is -0.815. The maximum atomic E-state index is 11.8. The predicted octanol–water partition coefficient (Wildman–Crippen LogP) is -2.66. The monoisotopic (exact) mass is 311 g/mol. The molecule has 2 N–H and O–H groups in total. The first-order valence-corrected chi connectivity index (χ1v) is 6.45. The minimum absolute atomic E-state index is 0. The van der Waals surface area contributed by atoms with Gasteiger partial charge in [-0.3, -0.25) is 19.1 Å². The summed E-state index contributed by atoms with van der Waals surface area (Å²) >= 11 is 0. The molecular weight excluding hydrogens is 297 g/mol.